The van der Waals surface area contributed by atoms with Crippen LogP contribution in [0.4, 0.5) is 9.59 Å². The second kappa shape index (κ2) is 4.59. The van der Waals surface area contributed by atoms with Crippen LogP contribution in [0, 0.1) is 0 Å². The molecule has 0 rings (SSSR count). The molecule has 0 spiro atoms. The van der Waals surface area contributed by atoms with Crippen molar-refractivity contribution in [3.8, 4) is 0 Å². The molecule has 0 aliphatic carbocycles. The summed E-state index contributed by atoms with van der Waals surface area (Å²) in [6.07, 6.45) is 0. The Morgan fingerprint density at radius 2 is 1.38 bits per heavy atom. The molecule has 0 heterocycles. The van der Waals surface area contributed by atoms with Crippen LogP contribution in [0.25, 0.3) is 0 Å². The van der Waals surface area contributed by atoms with Gasteiger partial charge in [-0.1, -0.05) is 0 Å². The Morgan fingerprint density at radius 1 is 1.12 bits per heavy atom. The van der Waals surface area contributed by atoms with Gasteiger partial charge in [-0.05, 0) is 0 Å². The molecule has 0 amide bonds. The van der Waals surface area contributed by atoms with Crippen LogP contribution in [0.15, 0.2) is 0 Å². The van der Waals surface area contributed by atoms with Crippen molar-refractivity contribution in [1.29, 1.82) is 0 Å². The molecule has 0 aromatic heterocycles. The molecule has 0 bridgehead atoms. The third kappa shape index (κ3) is 9.06. The van der Waals surface area contributed by atoms with Gasteiger partial charge >= 0.3 is 15.2 Å². The average Bonchev–Trinajstić information content (AvgIpc) is 1.27. The summed E-state index contributed by atoms with van der Waals surface area (Å²) in [6, 6.07) is 0. The van der Waals surface area contributed by atoms with Gasteiger partial charge in [0.15, 0.2) is 0 Å². The Bertz CT molecular complexity index is 86.6. The predicted molar refractivity (Wildman–Crippen MR) is 25.4 cm³/mol. The molecule has 4 N–H and O–H groups in total. The van der Waals surface area contributed by atoms with Gasteiger partial charge in [0.25, 0.3) is 0 Å². The van der Waals surface area contributed by atoms with E-state index in [0.29, 0.717) is 0 Å². The van der Waals surface area contributed by atoms with Gasteiger partial charge in [0.05, 0.1) is 0 Å². The van der Waals surface area contributed by atoms with Crippen molar-refractivity contribution in [3.05, 3.63) is 0 Å². The fourth-order valence-corrected chi connectivity index (χ4v) is 0.317. The molecule has 0 saturated heterocycles. The first-order valence-corrected chi connectivity index (χ1v) is 2.59. The molecule has 0 aromatic rings. The van der Waals surface area contributed by atoms with Gasteiger partial charge in [0.2, 0.25) is 9.66 Å². The monoisotopic (exact) mass is 135 g/mol. The maximum atomic E-state index is 9.47. The molecule has 0 unspecified atom stereocenters. The quantitative estimate of drug-likeness (QED) is 0.484. The fourth-order valence-electron chi connectivity index (χ4n) is 0.106. The molecule has 0 fully saturated rings. The molecule has 0 aromatic carbocycles. The van der Waals surface area contributed by atoms with Gasteiger partial charge in [-0.3, -0.25) is 9.59 Å². The number of carbonyl (C=O) groups is 2. The molecule has 45 valence electrons. The highest BCUT2D eigenvalue weighted by Crippen LogP contribution is 1.65. The summed E-state index contributed by atoms with van der Waals surface area (Å²) >= 11 is -1.45. The van der Waals surface area contributed by atoms with Gasteiger partial charge in [-0.15, -0.1) is 0 Å². The molecule has 0 atom stereocenters. The normalized spacial score (nSPS) is 6.50. The summed E-state index contributed by atoms with van der Waals surface area (Å²) in [5.74, 6) is 0. The van der Waals surface area contributed by atoms with E-state index in [2.05, 4.69) is 0 Å². The van der Waals surface area contributed by atoms with E-state index < -0.39 is 24.9 Å². The molecule has 6 heteroatoms. The zero-order valence-electron chi connectivity index (χ0n) is 3.79. The highest BCUT2D eigenvalue weighted by molar-refractivity contribution is 6.94. The average molecular weight is 135 g/mol. The van der Waals surface area contributed by atoms with Gasteiger partial charge in [-0.2, -0.15) is 0 Å². The highest BCUT2D eigenvalue weighted by atomic mass is 27.1. The van der Waals surface area contributed by atoms with Crippen molar-refractivity contribution >= 4 is 24.9 Å². The Kier molecular flexibility index (Phi) is 5.98. The standard InChI is InChI=1S/2CHO2.Al.H2O/c2*2-1-3;;/h2*(H,2,3);;1H2. The van der Waals surface area contributed by atoms with Crippen LogP contribution < -0.4 is 0 Å². The lowest BCUT2D eigenvalue weighted by molar-refractivity contribution is 0.213. The summed E-state index contributed by atoms with van der Waals surface area (Å²) in [5, 5.41) is 15.5. The largest absolute Gasteiger partial charge is 0.560 e. The lowest BCUT2D eigenvalue weighted by atomic mass is 11.5. The highest BCUT2D eigenvalue weighted by Gasteiger charge is 2.10. The third-order valence-electron chi connectivity index (χ3n) is 0.247. The Labute approximate surface area is 51.0 Å². The van der Waals surface area contributed by atoms with Crippen LogP contribution in [-0.4, -0.2) is 40.6 Å². The molecule has 1 radical (unpaired) electrons. The fraction of sp³-hybridized carbons (Fsp3) is 0. The first kappa shape index (κ1) is 10.4. The number of hydrogen-bond donors (Lipinski definition) is 2. The molecule has 0 aliphatic heterocycles. The van der Waals surface area contributed by atoms with Crippen molar-refractivity contribution in [2.75, 3.05) is 0 Å². The molecule has 0 aliphatic rings. The van der Waals surface area contributed by atoms with E-state index in [1.807, 2.05) is 0 Å². The zero-order chi connectivity index (χ0) is 5.86. The number of hydrogen-bond acceptors (Lipinski definition) is 2. The molecule has 0 saturated carbocycles. The first-order valence-electron chi connectivity index (χ1n) is 1.43. The van der Waals surface area contributed by atoms with Gasteiger partial charge in [-0.25, -0.2) is 0 Å². The second-order valence-corrected chi connectivity index (χ2v) is 2.10. The van der Waals surface area contributed by atoms with Crippen LogP contribution >= 0.6 is 0 Å². The van der Waals surface area contributed by atoms with Crippen molar-refractivity contribution in [2.45, 2.75) is 0 Å². The Morgan fingerprint density at radius 3 is 1.38 bits per heavy atom. The summed E-state index contributed by atoms with van der Waals surface area (Å²) in [4.78, 5) is 16.5. The van der Waals surface area contributed by atoms with Crippen molar-refractivity contribution < 1.29 is 25.3 Å². The van der Waals surface area contributed by atoms with Crippen molar-refractivity contribution in [2.24, 2.45) is 0 Å². The van der Waals surface area contributed by atoms with Crippen LogP contribution in [0.3, 0.4) is 0 Å². The first-order chi connectivity index (χ1) is 3.13. The summed E-state index contributed by atoms with van der Waals surface area (Å²) in [5.41, 5.74) is 0. The lowest BCUT2D eigenvalue weighted by Crippen LogP contribution is -2.14. The van der Waals surface area contributed by atoms with E-state index >= 15 is 0 Å². The van der Waals surface area contributed by atoms with Gasteiger partial charge in [0, 0.05) is 0 Å². The zero-order valence-corrected chi connectivity index (χ0v) is 4.94. The maximum absolute atomic E-state index is 9.47. The van der Waals surface area contributed by atoms with Gasteiger partial charge in [0.1, 0.15) is 0 Å². The topological polar surface area (TPSA) is 106 Å². The molecule has 8 heavy (non-hydrogen) atoms. The SMILES string of the molecule is O.O=[C](O)[Al][C](=O)O. The Balaban J connectivity index is 0. The number of rotatable bonds is 2. The van der Waals surface area contributed by atoms with Crippen LogP contribution in [0.5, 0.6) is 0 Å². The number of carboxylic acid groups (broad SMARTS) is 2. The van der Waals surface area contributed by atoms with Crippen LogP contribution in [0.2, 0.25) is 0 Å². The summed E-state index contributed by atoms with van der Waals surface area (Å²) < 4.78 is 0. The van der Waals surface area contributed by atoms with Gasteiger partial charge < -0.3 is 15.7 Å². The minimum absolute atomic E-state index is 0. The molecular weight excluding hydrogens is 131 g/mol. The third-order valence-corrected chi connectivity index (χ3v) is 0.741. The van der Waals surface area contributed by atoms with Crippen molar-refractivity contribution in [1.82, 2.24) is 0 Å². The maximum Gasteiger partial charge on any atom is 0.560 e. The van der Waals surface area contributed by atoms with Crippen molar-refractivity contribution in [3.63, 3.8) is 0 Å². The minimum atomic E-state index is -1.45. The molecule has 5 nitrogen and oxygen atoms in total. The second-order valence-electron chi connectivity index (χ2n) is 0.821. The van der Waals surface area contributed by atoms with E-state index in [1.165, 1.54) is 0 Å². The summed E-state index contributed by atoms with van der Waals surface area (Å²) in [7, 11) is 0. The predicted octanol–water partition coefficient (Wildman–Crippen LogP) is -0.778. The van der Waals surface area contributed by atoms with E-state index in [-0.39, 0.29) is 5.48 Å². The van der Waals surface area contributed by atoms with Crippen LogP contribution in [0.1, 0.15) is 0 Å². The molecular formula is C2H4AlO5. The lowest BCUT2D eigenvalue weighted by Gasteiger charge is -1.77. The Hall–Kier alpha value is -0.568. The van der Waals surface area contributed by atoms with E-state index in [1.54, 1.807) is 0 Å². The van der Waals surface area contributed by atoms with E-state index in [4.69, 9.17) is 10.2 Å². The van der Waals surface area contributed by atoms with E-state index in [0.717, 1.165) is 0 Å². The summed E-state index contributed by atoms with van der Waals surface area (Å²) in [6.45, 7) is 0. The van der Waals surface area contributed by atoms with Crippen LogP contribution in [-0.2, 0) is 0 Å². The minimum Gasteiger partial charge on any atom is -0.496 e. The van der Waals surface area contributed by atoms with E-state index in [9.17, 15) is 9.59 Å². The smallest absolute Gasteiger partial charge is 0.496 e.